The SMILES string of the molecule is COc1ccc(-c2nc(COC(C)=O)oc2-c2ccc(OC)cc2)cc1. The number of hydrogen-bond acceptors (Lipinski definition) is 6. The maximum Gasteiger partial charge on any atom is 0.303 e. The molecule has 0 aliphatic carbocycles. The van der Waals surface area contributed by atoms with Crippen molar-refractivity contribution in [1.82, 2.24) is 4.98 Å². The smallest absolute Gasteiger partial charge is 0.303 e. The number of benzene rings is 2. The lowest BCUT2D eigenvalue weighted by Crippen LogP contribution is -1.98. The molecule has 3 aromatic rings. The van der Waals surface area contributed by atoms with Crippen LogP contribution in [0.15, 0.2) is 52.9 Å². The molecule has 0 saturated carbocycles. The number of nitrogens with zero attached hydrogens (tertiary/aromatic N) is 1. The summed E-state index contributed by atoms with van der Waals surface area (Å²) in [5.74, 6) is 2.04. The third-order valence-corrected chi connectivity index (χ3v) is 3.79. The first-order chi connectivity index (χ1) is 12.6. The van der Waals surface area contributed by atoms with Gasteiger partial charge in [-0.25, -0.2) is 4.98 Å². The number of oxazole rings is 1. The van der Waals surface area contributed by atoms with Crippen molar-refractivity contribution in [2.24, 2.45) is 0 Å². The number of aromatic nitrogens is 1. The van der Waals surface area contributed by atoms with Crippen molar-refractivity contribution in [1.29, 1.82) is 0 Å². The Morgan fingerprint density at radius 3 is 1.96 bits per heavy atom. The van der Waals surface area contributed by atoms with E-state index >= 15 is 0 Å². The van der Waals surface area contributed by atoms with Gasteiger partial charge in [0.25, 0.3) is 0 Å². The average molecular weight is 353 g/mol. The van der Waals surface area contributed by atoms with E-state index in [0.717, 1.165) is 22.6 Å². The van der Waals surface area contributed by atoms with Crippen LogP contribution < -0.4 is 9.47 Å². The van der Waals surface area contributed by atoms with Crippen LogP contribution in [0.25, 0.3) is 22.6 Å². The van der Waals surface area contributed by atoms with E-state index < -0.39 is 0 Å². The summed E-state index contributed by atoms with van der Waals surface area (Å²) in [6.45, 7) is 1.33. The Morgan fingerprint density at radius 2 is 1.46 bits per heavy atom. The first kappa shape index (κ1) is 17.5. The third kappa shape index (κ3) is 3.85. The fraction of sp³-hybridized carbons (Fsp3) is 0.200. The summed E-state index contributed by atoms with van der Waals surface area (Å²) < 4.78 is 21.3. The summed E-state index contributed by atoms with van der Waals surface area (Å²) in [6.07, 6.45) is 0. The minimum Gasteiger partial charge on any atom is -0.497 e. The highest BCUT2D eigenvalue weighted by Gasteiger charge is 2.18. The monoisotopic (exact) mass is 353 g/mol. The molecule has 6 heteroatoms. The molecule has 0 spiro atoms. The van der Waals surface area contributed by atoms with Gasteiger partial charge in [-0.05, 0) is 48.5 Å². The van der Waals surface area contributed by atoms with Crippen LogP contribution in [0.1, 0.15) is 12.8 Å². The molecule has 2 aromatic carbocycles. The molecule has 0 fully saturated rings. The van der Waals surface area contributed by atoms with Gasteiger partial charge < -0.3 is 18.6 Å². The summed E-state index contributed by atoms with van der Waals surface area (Å²) in [5, 5.41) is 0. The van der Waals surface area contributed by atoms with E-state index in [1.54, 1.807) is 14.2 Å². The molecule has 0 radical (unpaired) electrons. The molecule has 0 amide bonds. The molecule has 1 aromatic heterocycles. The maximum absolute atomic E-state index is 11.1. The van der Waals surface area contributed by atoms with Crippen LogP contribution in [0.3, 0.4) is 0 Å². The highest BCUT2D eigenvalue weighted by molar-refractivity contribution is 5.77. The summed E-state index contributed by atoms with van der Waals surface area (Å²) in [4.78, 5) is 15.6. The molecule has 0 bridgehead atoms. The average Bonchev–Trinajstić information content (AvgIpc) is 3.11. The number of carbonyl (C=O) groups is 1. The molecule has 0 atom stereocenters. The summed E-state index contributed by atoms with van der Waals surface area (Å²) in [7, 11) is 3.23. The standard InChI is InChI=1S/C20H19NO5/c1-13(22)25-12-18-21-19(14-4-8-16(23-2)9-5-14)20(26-18)15-6-10-17(24-3)11-7-15/h4-11H,12H2,1-3H3. The van der Waals surface area contributed by atoms with Crippen LogP contribution in [0.5, 0.6) is 11.5 Å². The highest BCUT2D eigenvalue weighted by Crippen LogP contribution is 2.34. The lowest BCUT2D eigenvalue weighted by molar-refractivity contribution is -0.142. The van der Waals surface area contributed by atoms with Crippen LogP contribution in [0, 0.1) is 0 Å². The molecular weight excluding hydrogens is 334 g/mol. The molecule has 0 aliphatic rings. The van der Waals surface area contributed by atoms with Crippen molar-refractivity contribution in [3.8, 4) is 34.1 Å². The number of methoxy groups -OCH3 is 2. The zero-order chi connectivity index (χ0) is 18.5. The molecule has 26 heavy (non-hydrogen) atoms. The third-order valence-electron chi connectivity index (χ3n) is 3.79. The van der Waals surface area contributed by atoms with Gasteiger partial charge in [0, 0.05) is 18.1 Å². The van der Waals surface area contributed by atoms with E-state index in [4.69, 9.17) is 18.6 Å². The number of hydrogen-bond donors (Lipinski definition) is 0. The molecule has 0 aliphatic heterocycles. The quantitative estimate of drug-likeness (QED) is 0.622. The van der Waals surface area contributed by atoms with Gasteiger partial charge >= 0.3 is 5.97 Å². The molecule has 6 nitrogen and oxygen atoms in total. The Balaban J connectivity index is 2.02. The van der Waals surface area contributed by atoms with Crippen LogP contribution >= 0.6 is 0 Å². The van der Waals surface area contributed by atoms with E-state index in [9.17, 15) is 4.79 Å². The van der Waals surface area contributed by atoms with E-state index in [1.807, 2.05) is 48.5 Å². The molecule has 0 N–H and O–H groups in total. The lowest BCUT2D eigenvalue weighted by atomic mass is 10.1. The molecule has 134 valence electrons. The first-order valence-electron chi connectivity index (χ1n) is 8.02. The second kappa shape index (κ2) is 7.74. The molecule has 3 rings (SSSR count). The molecular formula is C20H19NO5. The summed E-state index contributed by atoms with van der Waals surface area (Å²) >= 11 is 0. The summed E-state index contributed by atoms with van der Waals surface area (Å²) in [5.41, 5.74) is 2.38. The number of esters is 1. The largest absolute Gasteiger partial charge is 0.497 e. The lowest BCUT2D eigenvalue weighted by Gasteiger charge is -2.04. The number of carbonyl (C=O) groups excluding carboxylic acids is 1. The van der Waals surface area contributed by atoms with Gasteiger partial charge in [-0.15, -0.1) is 0 Å². The predicted octanol–water partition coefficient (Wildman–Crippen LogP) is 4.09. The fourth-order valence-corrected chi connectivity index (χ4v) is 2.47. The minimum atomic E-state index is -0.389. The first-order valence-corrected chi connectivity index (χ1v) is 8.02. The van der Waals surface area contributed by atoms with Gasteiger partial charge in [0.15, 0.2) is 12.4 Å². The molecule has 0 unspecified atom stereocenters. The van der Waals surface area contributed by atoms with Crippen molar-refractivity contribution < 1.29 is 23.4 Å². The Morgan fingerprint density at radius 1 is 0.923 bits per heavy atom. The highest BCUT2D eigenvalue weighted by atomic mass is 16.5. The summed E-state index contributed by atoms with van der Waals surface area (Å²) in [6, 6.07) is 15.0. The van der Waals surface area contributed by atoms with Crippen molar-refractivity contribution >= 4 is 5.97 Å². The van der Waals surface area contributed by atoms with Gasteiger partial charge in [-0.2, -0.15) is 0 Å². The van der Waals surface area contributed by atoms with Crippen molar-refractivity contribution in [2.45, 2.75) is 13.5 Å². The van der Waals surface area contributed by atoms with Crippen LogP contribution in [0.2, 0.25) is 0 Å². The minimum absolute atomic E-state index is 0.0192. The van der Waals surface area contributed by atoms with Crippen LogP contribution in [0.4, 0.5) is 0 Å². The topological polar surface area (TPSA) is 70.8 Å². The Labute approximate surface area is 151 Å². The molecule has 1 heterocycles. The Kier molecular flexibility index (Phi) is 5.22. The Bertz CT molecular complexity index is 817. The second-order valence-corrected chi connectivity index (χ2v) is 5.52. The van der Waals surface area contributed by atoms with Crippen molar-refractivity contribution in [2.75, 3.05) is 14.2 Å². The number of rotatable bonds is 6. The van der Waals surface area contributed by atoms with E-state index in [1.165, 1.54) is 6.92 Å². The van der Waals surface area contributed by atoms with E-state index in [2.05, 4.69) is 4.98 Å². The predicted molar refractivity (Wildman–Crippen MR) is 95.9 cm³/mol. The van der Waals surface area contributed by atoms with Gasteiger partial charge in [0.2, 0.25) is 5.89 Å². The normalized spacial score (nSPS) is 10.4. The molecule has 0 saturated heterocycles. The zero-order valence-corrected chi connectivity index (χ0v) is 14.8. The van der Waals surface area contributed by atoms with E-state index in [-0.39, 0.29) is 12.6 Å². The van der Waals surface area contributed by atoms with E-state index in [0.29, 0.717) is 17.3 Å². The van der Waals surface area contributed by atoms with Crippen molar-refractivity contribution in [3.05, 3.63) is 54.4 Å². The van der Waals surface area contributed by atoms with Crippen LogP contribution in [-0.2, 0) is 16.1 Å². The van der Waals surface area contributed by atoms with Gasteiger partial charge in [0.1, 0.15) is 17.2 Å². The number of ether oxygens (including phenoxy) is 3. The maximum atomic E-state index is 11.1. The van der Waals surface area contributed by atoms with Crippen LogP contribution in [-0.4, -0.2) is 25.2 Å². The Hall–Kier alpha value is -3.28. The fourth-order valence-electron chi connectivity index (χ4n) is 2.47. The van der Waals surface area contributed by atoms with Gasteiger partial charge in [0.05, 0.1) is 14.2 Å². The second-order valence-electron chi connectivity index (χ2n) is 5.52. The zero-order valence-electron chi connectivity index (χ0n) is 14.8. The van der Waals surface area contributed by atoms with Gasteiger partial charge in [-0.1, -0.05) is 0 Å². The van der Waals surface area contributed by atoms with Crippen molar-refractivity contribution in [3.63, 3.8) is 0 Å². The van der Waals surface area contributed by atoms with Gasteiger partial charge in [-0.3, -0.25) is 4.79 Å².